The Morgan fingerprint density at radius 2 is 1.86 bits per heavy atom. The Labute approximate surface area is 128 Å². The second-order valence-corrected chi connectivity index (χ2v) is 8.96. The van der Waals surface area contributed by atoms with E-state index in [2.05, 4.69) is 13.8 Å². The molecule has 0 saturated heterocycles. The third-order valence-electron chi connectivity index (χ3n) is 7.94. The van der Waals surface area contributed by atoms with Crippen LogP contribution in [0.1, 0.15) is 71.6 Å². The van der Waals surface area contributed by atoms with Crippen molar-refractivity contribution in [2.45, 2.75) is 71.6 Å². The highest BCUT2D eigenvalue weighted by atomic mass is 16.1. The van der Waals surface area contributed by atoms with Crippen LogP contribution in [0.5, 0.6) is 0 Å². The van der Waals surface area contributed by atoms with Crippen LogP contribution in [0.4, 0.5) is 0 Å². The van der Waals surface area contributed by atoms with E-state index in [4.69, 9.17) is 0 Å². The highest BCUT2D eigenvalue weighted by Gasteiger charge is 2.60. The van der Waals surface area contributed by atoms with Crippen molar-refractivity contribution in [3.8, 4) is 0 Å². The van der Waals surface area contributed by atoms with Gasteiger partial charge in [0, 0.05) is 25.2 Å². The molecule has 0 aromatic heterocycles. The van der Waals surface area contributed by atoms with Gasteiger partial charge >= 0.3 is 0 Å². The van der Waals surface area contributed by atoms with Crippen molar-refractivity contribution in [1.82, 2.24) is 0 Å². The minimum Gasteiger partial charge on any atom is -0.300 e. The molecule has 21 heavy (non-hydrogen) atoms. The summed E-state index contributed by atoms with van der Waals surface area (Å²) >= 11 is 0. The number of fused-ring (bicyclic) bond motifs is 5. The Kier molecular flexibility index (Phi) is 2.94. The molecule has 0 bridgehead atoms. The maximum absolute atomic E-state index is 13.0. The molecule has 0 heterocycles. The summed E-state index contributed by atoms with van der Waals surface area (Å²) in [6.45, 7) is 4.72. The Morgan fingerprint density at radius 3 is 2.67 bits per heavy atom. The zero-order chi connectivity index (χ0) is 14.8. The van der Waals surface area contributed by atoms with Gasteiger partial charge in [-0.25, -0.2) is 0 Å². The summed E-state index contributed by atoms with van der Waals surface area (Å²) in [5.74, 6) is 3.12. The first-order chi connectivity index (χ1) is 9.94. The predicted molar refractivity (Wildman–Crippen MR) is 81.7 cm³/mol. The summed E-state index contributed by atoms with van der Waals surface area (Å²) < 4.78 is 0. The second-order valence-electron chi connectivity index (χ2n) is 8.96. The minimum absolute atomic E-state index is 0.123. The molecule has 4 rings (SSSR count). The molecule has 0 radical (unpaired) electrons. The molecule has 0 spiro atoms. The van der Waals surface area contributed by atoms with Gasteiger partial charge in [-0.3, -0.25) is 9.59 Å². The molecule has 0 aliphatic heterocycles. The van der Waals surface area contributed by atoms with Gasteiger partial charge in [0.2, 0.25) is 0 Å². The van der Waals surface area contributed by atoms with Crippen molar-refractivity contribution >= 4 is 11.6 Å². The zero-order valence-electron chi connectivity index (χ0n) is 13.5. The molecule has 2 heteroatoms. The lowest BCUT2D eigenvalue weighted by Gasteiger charge is -2.58. The lowest BCUT2D eigenvalue weighted by molar-refractivity contribution is -0.158. The van der Waals surface area contributed by atoms with Crippen LogP contribution in [0.25, 0.3) is 0 Å². The molecule has 116 valence electrons. The Balaban J connectivity index is 1.70. The number of carbonyl (C=O) groups is 2. The maximum Gasteiger partial charge on any atom is 0.137 e. The largest absolute Gasteiger partial charge is 0.300 e. The van der Waals surface area contributed by atoms with E-state index in [0.29, 0.717) is 35.2 Å². The molecule has 4 aliphatic carbocycles. The quantitative estimate of drug-likeness (QED) is 0.670. The van der Waals surface area contributed by atoms with Crippen LogP contribution < -0.4 is 0 Å². The maximum atomic E-state index is 13.0. The standard InChI is InChI=1S/C19H28O2/c1-18-8-3-4-15(18)14-6-5-12-10-13(20)7-9-19(12,2)17(14)16(21)11-18/h12,14-15,17H,3-11H2,1-2H3/t12-,14-,15+,17+,18+,19+/m0/s1. The molecule has 0 N–H and O–H groups in total. The third-order valence-corrected chi connectivity index (χ3v) is 7.94. The monoisotopic (exact) mass is 288 g/mol. The van der Waals surface area contributed by atoms with Crippen LogP contribution in [0.15, 0.2) is 0 Å². The van der Waals surface area contributed by atoms with Crippen molar-refractivity contribution in [1.29, 1.82) is 0 Å². The average Bonchev–Trinajstić information content (AvgIpc) is 2.80. The highest BCUT2D eigenvalue weighted by Crippen LogP contribution is 2.64. The fourth-order valence-corrected chi connectivity index (χ4v) is 6.87. The molecule has 4 fully saturated rings. The zero-order valence-corrected chi connectivity index (χ0v) is 13.5. The van der Waals surface area contributed by atoms with E-state index in [1.54, 1.807) is 0 Å². The molecule has 0 aromatic rings. The molecular formula is C19H28O2. The smallest absolute Gasteiger partial charge is 0.137 e. The van der Waals surface area contributed by atoms with Crippen LogP contribution in [-0.4, -0.2) is 11.6 Å². The van der Waals surface area contributed by atoms with Gasteiger partial charge in [-0.1, -0.05) is 20.3 Å². The summed E-state index contributed by atoms with van der Waals surface area (Å²) in [4.78, 5) is 24.9. The van der Waals surface area contributed by atoms with Crippen LogP contribution >= 0.6 is 0 Å². The van der Waals surface area contributed by atoms with Gasteiger partial charge in [-0.15, -0.1) is 0 Å². The average molecular weight is 288 g/mol. The van der Waals surface area contributed by atoms with Crippen LogP contribution in [0.2, 0.25) is 0 Å². The topological polar surface area (TPSA) is 34.1 Å². The molecule has 6 atom stereocenters. The molecule has 0 unspecified atom stereocenters. The Hall–Kier alpha value is -0.660. The van der Waals surface area contributed by atoms with Crippen molar-refractivity contribution in [2.24, 2.45) is 34.5 Å². The Morgan fingerprint density at radius 1 is 1.05 bits per heavy atom. The van der Waals surface area contributed by atoms with Gasteiger partial charge < -0.3 is 0 Å². The fraction of sp³-hybridized carbons (Fsp3) is 0.895. The summed E-state index contributed by atoms with van der Waals surface area (Å²) in [6, 6.07) is 0. The van der Waals surface area contributed by atoms with Gasteiger partial charge in [0.15, 0.2) is 0 Å². The summed E-state index contributed by atoms with van der Waals surface area (Å²) in [5, 5.41) is 0. The van der Waals surface area contributed by atoms with E-state index in [-0.39, 0.29) is 11.3 Å². The van der Waals surface area contributed by atoms with Gasteiger partial charge in [0.25, 0.3) is 0 Å². The molecular weight excluding hydrogens is 260 g/mol. The van der Waals surface area contributed by atoms with Crippen LogP contribution in [0.3, 0.4) is 0 Å². The number of hydrogen-bond donors (Lipinski definition) is 0. The molecule has 2 nitrogen and oxygen atoms in total. The van der Waals surface area contributed by atoms with Gasteiger partial charge in [-0.05, 0) is 60.7 Å². The first-order valence-electron chi connectivity index (χ1n) is 8.98. The van der Waals surface area contributed by atoms with E-state index in [1.165, 1.54) is 32.1 Å². The summed E-state index contributed by atoms with van der Waals surface area (Å²) in [7, 11) is 0. The number of rotatable bonds is 0. The third kappa shape index (κ3) is 1.83. The normalized spacial score (nSPS) is 53.0. The van der Waals surface area contributed by atoms with Crippen LogP contribution in [0, 0.1) is 34.5 Å². The number of ketones is 2. The molecule has 4 aliphatic rings. The lowest BCUT2D eigenvalue weighted by atomic mass is 9.45. The molecule has 0 amide bonds. The molecule has 4 saturated carbocycles. The predicted octanol–water partition coefficient (Wildman–Crippen LogP) is 4.17. The minimum atomic E-state index is 0.123. The van der Waals surface area contributed by atoms with E-state index < -0.39 is 0 Å². The second kappa shape index (κ2) is 4.43. The van der Waals surface area contributed by atoms with E-state index in [1.807, 2.05) is 0 Å². The first-order valence-corrected chi connectivity index (χ1v) is 8.98. The van der Waals surface area contributed by atoms with Crippen molar-refractivity contribution < 1.29 is 9.59 Å². The number of carbonyl (C=O) groups excluding carboxylic acids is 2. The first kappa shape index (κ1) is 14.0. The van der Waals surface area contributed by atoms with Gasteiger partial charge in [0.05, 0.1) is 0 Å². The Bertz CT molecular complexity index is 496. The van der Waals surface area contributed by atoms with E-state index in [9.17, 15) is 9.59 Å². The van der Waals surface area contributed by atoms with Crippen LogP contribution in [-0.2, 0) is 9.59 Å². The van der Waals surface area contributed by atoms with Gasteiger partial charge in [0.1, 0.15) is 11.6 Å². The number of hydrogen-bond acceptors (Lipinski definition) is 2. The van der Waals surface area contributed by atoms with E-state index >= 15 is 0 Å². The number of Topliss-reactive ketones (excluding diaryl/α,β-unsaturated/α-hetero) is 2. The summed E-state index contributed by atoms with van der Waals surface area (Å²) in [5.41, 5.74) is 0.420. The lowest BCUT2D eigenvalue weighted by Crippen LogP contribution is -2.56. The van der Waals surface area contributed by atoms with Crippen molar-refractivity contribution in [3.05, 3.63) is 0 Å². The fourth-order valence-electron chi connectivity index (χ4n) is 6.87. The van der Waals surface area contributed by atoms with E-state index in [0.717, 1.165) is 25.2 Å². The molecule has 0 aromatic carbocycles. The van der Waals surface area contributed by atoms with Crippen molar-refractivity contribution in [2.75, 3.05) is 0 Å². The SMILES string of the molecule is C[C@]12CCC[C@@H]1[C@@H]1CC[C@H]3CC(=O)CC[C@@]3(C)[C@H]1C(=O)C2. The highest BCUT2D eigenvalue weighted by molar-refractivity contribution is 5.85. The van der Waals surface area contributed by atoms with Crippen molar-refractivity contribution in [3.63, 3.8) is 0 Å². The summed E-state index contributed by atoms with van der Waals surface area (Å²) in [6.07, 6.45) is 9.53. The van der Waals surface area contributed by atoms with Gasteiger partial charge in [-0.2, -0.15) is 0 Å².